The highest BCUT2D eigenvalue weighted by atomic mass is 79.9. The molecule has 0 radical (unpaired) electrons. The average Bonchev–Trinajstić information content (AvgIpc) is 2.27. The van der Waals surface area contributed by atoms with Gasteiger partial charge in [0, 0.05) is 20.8 Å². The molecule has 20 heavy (non-hydrogen) atoms. The fourth-order valence-corrected chi connectivity index (χ4v) is 2.90. The summed E-state index contributed by atoms with van der Waals surface area (Å²) in [6, 6.07) is 0. The van der Waals surface area contributed by atoms with E-state index in [1.807, 2.05) is 0 Å². The van der Waals surface area contributed by atoms with E-state index in [4.69, 9.17) is 14.2 Å². The molecule has 112 valence electrons. The third-order valence-corrected chi connectivity index (χ3v) is 3.58. The summed E-state index contributed by atoms with van der Waals surface area (Å²) in [6.45, 7) is 7.57. The Morgan fingerprint density at radius 3 is 1.90 bits per heavy atom. The van der Waals surface area contributed by atoms with Crippen LogP contribution in [0.4, 0.5) is 0 Å². The minimum atomic E-state index is -0.911. The number of ether oxygens (including phenoxy) is 3. The minimum absolute atomic E-state index is 0.268. The van der Waals surface area contributed by atoms with Gasteiger partial charge in [-0.3, -0.25) is 14.4 Å². The molecule has 4 atom stereocenters. The Kier molecular flexibility index (Phi) is 5.74. The molecule has 0 heterocycles. The molecule has 0 N–H and O–H groups in total. The van der Waals surface area contributed by atoms with Gasteiger partial charge in [0.1, 0.15) is 0 Å². The molecular formula is C13H17BrO6. The highest BCUT2D eigenvalue weighted by Gasteiger charge is 2.46. The van der Waals surface area contributed by atoms with Crippen LogP contribution in [0.2, 0.25) is 0 Å². The molecule has 1 aliphatic carbocycles. The van der Waals surface area contributed by atoms with Crippen molar-refractivity contribution in [1.82, 2.24) is 0 Å². The lowest BCUT2D eigenvalue weighted by molar-refractivity contribution is -0.182. The van der Waals surface area contributed by atoms with E-state index in [0.29, 0.717) is 12.0 Å². The van der Waals surface area contributed by atoms with Gasteiger partial charge in [-0.05, 0) is 12.0 Å². The monoisotopic (exact) mass is 348 g/mol. The van der Waals surface area contributed by atoms with Crippen LogP contribution in [0.1, 0.15) is 27.2 Å². The van der Waals surface area contributed by atoms with E-state index in [1.165, 1.54) is 20.8 Å². The molecule has 1 saturated carbocycles. The molecule has 0 amide bonds. The summed E-state index contributed by atoms with van der Waals surface area (Å²) in [5, 5.41) is 0. The van der Waals surface area contributed by atoms with E-state index in [0.717, 1.165) is 0 Å². The van der Waals surface area contributed by atoms with E-state index >= 15 is 0 Å². The Bertz CT molecular complexity index is 433. The lowest BCUT2D eigenvalue weighted by atomic mass is 9.87. The van der Waals surface area contributed by atoms with Gasteiger partial charge in [-0.1, -0.05) is 22.5 Å². The molecule has 1 fully saturated rings. The first-order valence-electron chi connectivity index (χ1n) is 6.05. The third kappa shape index (κ3) is 4.33. The van der Waals surface area contributed by atoms with Gasteiger partial charge in [-0.25, -0.2) is 0 Å². The first kappa shape index (κ1) is 16.7. The molecular weight excluding hydrogens is 332 g/mol. The molecule has 0 saturated heterocycles. The van der Waals surface area contributed by atoms with Gasteiger partial charge in [-0.15, -0.1) is 0 Å². The summed E-state index contributed by atoms with van der Waals surface area (Å²) in [6.07, 6.45) is -2.04. The molecule has 1 rings (SSSR count). The number of hydrogen-bond acceptors (Lipinski definition) is 6. The van der Waals surface area contributed by atoms with Gasteiger partial charge in [0.2, 0.25) is 0 Å². The maximum Gasteiger partial charge on any atom is 0.303 e. The van der Waals surface area contributed by atoms with Crippen LogP contribution in [-0.2, 0) is 28.6 Å². The fourth-order valence-electron chi connectivity index (χ4n) is 2.08. The number of carbonyl (C=O) groups is 3. The number of carbonyl (C=O) groups excluding carboxylic acids is 3. The van der Waals surface area contributed by atoms with E-state index in [1.54, 1.807) is 0 Å². The van der Waals surface area contributed by atoms with Crippen LogP contribution in [-0.4, -0.2) is 41.0 Å². The molecule has 0 bridgehead atoms. The highest BCUT2D eigenvalue weighted by molar-refractivity contribution is 9.09. The Morgan fingerprint density at radius 1 is 1.00 bits per heavy atom. The van der Waals surface area contributed by atoms with Crippen molar-refractivity contribution in [2.45, 2.75) is 50.3 Å². The average molecular weight is 349 g/mol. The Labute approximate surface area is 125 Å². The molecule has 0 aromatic heterocycles. The zero-order valence-electron chi connectivity index (χ0n) is 11.6. The Balaban J connectivity index is 3.05. The largest absolute Gasteiger partial charge is 0.457 e. The lowest BCUT2D eigenvalue weighted by Crippen LogP contribution is -2.53. The summed E-state index contributed by atoms with van der Waals surface area (Å²) in [5.74, 6) is -1.59. The van der Waals surface area contributed by atoms with Crippen LogP contribution in [0, 0.1) is 0 Å². The van der Waals surface area contributed by atoms with E-state index in [-0.39, 0.29) is 4.83 Å². The third-order valence-electron chi connectivity index (χ3n) is 2.74. The summed E-state index contributed by atoms with van der Waals surface area (Å²) in [7, 11) is 0. The standard InChI is InChI=1S/C13H17BrO6/c1-6-5-10(14)12(19-8(3)16)13(20-9(4)17)11(6)18-7(2)15/h10-13H,1,5H2,2-4H3/t10-,11-,12+,13+/m1/s1. The maximum atomic E-state index is 11.2. The first-order chi connectivity index (χ1) is 9.22. The smallest absolute Gasteiger partial charge is 0.303 e. The second-order valence-corrected chi connectivity index (χ2v) is 5.73. The second-order valence-electron chi connectivity index (χ2n) is 4.56. The molecule has 6 nitrogen and oxygen atoms in total. The van der Waals surface area contributed by atoms with Gasteiger partial charge in [-0.2, -0.15) is 0 Å². The Morgan fingerprint density at radius 2 is 1.45 bits per heavy atom. The number of rotatable bonds is 3. The molecule has 0 aromatic rings. The molecule has 1 aliphatic rings. The van der Waals surface area contributed by atoms with Crippen LogP contribution < -0.4 is 0 Å². The van der Waals surface area contributed by atoms with Crippen molar-refractivity contribution in [3.8, 4) is 0 Å². The van der Waals surface area contributed by atoms with Crippen molar-refractivity contribution in [3.63, 3.8) is 0 Å². The predicted octanol–water partition coefficient (Wildman–Crippen LogP) is 1.50. The normalized spacial score (nSPS) is 29.5. The van der Waals surface area contributed by atoms with Gasteiger partial charge < -0.3 is 14.2 Å². The van der Waals surface area contributed by atoms with Crippen molar-refractivity contribution < 1.29 is 28.6 Å². The van der Waals surface area contributed by atoms with Crippen LogP contribution in [0.25, 0.3) is 0 Å². The molecule has 7 heteroatoms. The number of hydrogen-bond donors (Lipinski definition) is 0. The molecule has 0 aromatic carbocycles. The summed E-state index contributed by atoms with van der Waals surface area (Å²) < 4.78 is 15.5. The van der Waals surface area contributed by atoms with E-state index < -0.39 is 36.2 Å². The van der Waals surface area contributed by atoms with Crippen LogP contribution in [0.5, 0.6) is 0 Å². The topological polar surface area (TPSA) is 78.9 Å². The second kappa shape index (κ2) is 6.88. The predicted molar refractivity (Wildman–Crippen MR) is 73.1 cm³/mol. The molecule has 0 unspecified atom stereocenters. The minimum Gasteiger partial charge on any atom is -0.457 e. The van der Waals surface area contributed by atoms with Crippen LogP contribution in [0.3, 0.4) is 0 Å². The van der Waals surface area contributed by atoms with Crippen molar-refractivity contribution in [2.75, 3.05) is 0 Å². The summed E-state index contributed by atoms with van der Waals surface area (Å²) >= 11 is 3.38. The first-order valence-corrected chi connectivity index (χ1v) is 6.97. The quantitative estimate of drug-likeness (QED) is 0.333. The van der Waals surface area contributed by atoms with Crippen molar-refractivity contribution in [1.29, 1.82) is 0 Å². The van der Waals surface area contributed by atoms with Crippen molar-refractivity contribution >= 4 is 33.8 Å². The SMILES string of the molecule is C=C1C[C@@H](Br)[C@H](OC(C)=O)[C@@H](OC(C)=O)[C@@H]1OC(C)=O. The van der Waals surface area contributed by atoms with Crippen molar-refractivity contribution in [2.24, 2.45) is 0 Å². The zero-order valence-corrected chi connectivity index (χ0v) is 13.1. The van der Waals surface area contributed by atoms with Gasteiger partial charge in [0.25, 0.3) is 0 Å². The van der Waals surface area contributed by atoms with Gasteiger partial charge in [0.15, 0.2) is 18.3 Å². The van der Waals surface area contributed by atoms with Crippen LogP contribution >= 0.6 is 15.9 Å². The molecule has 0 aliphatic heterocycles. The summed E-state index contributed by atoms with van der Waals surface area (Å²) in [4.78, 5) is 33.3. The number of alkyl halides is 1. The van der Waals surface area contributed by atoms with E-state index in [2.05, 4.69) is 22.5 Å². The van der Waals surface area contributed by atoms with Crippen LogP contribution in [0.15, 0.2) is 12.2 Å². The van der Waals surface area contributed by atoms with Crippen molar-refractivity contribution in [3.05, 3.63) is 12.2 Å². The zero-order chi connectivity index (χ0) is 15.4. The van der Waals surface area contributed by atoms with Gasteiger partial charge >= 0.3 is 17.9 Å². The molecule has 0 spiro atoms. The highest BCUT2D eigenvalue weighted by Crippen LogP contribution is 2.34. The number of esters is 3. The lowest BCUT2D eigenvalue weighted by Gasteiger charge is -2.39. The number of halogens is 1. The maximum absolute atomic E-state index is 11.2. The van der Waals surface area contributed by atoms with Gasteiger partial charge in [0.05, 0.1) is 4.83 Å². The summed E-state index contributed by atoms with van der Waals surface area (Å²) in [5.41, 5.74) is 0.594. The fraction of sp³-hybridized carbons (Fsp3) is 0.615. The Hall–Kier alpha value is -1.37. The van der Waals surface area contributed by atoms with E-state index in [9.17, 15) is 14.4 Å².